The second-order valence-corrected chi connectivity index (χ2v) is 11.5. The number of benzene rings is 1. The molecule has 0 bridgehead atoms. The molecule has 1 saturated heterocycles. The van der Waals surface area contributed by atoms with Crippen molar-refractivity contribution >= 4 is 31.6 Å². The molecule has 0 saturated carbocycles. The van der Waals surface area contributed by atoms with E-state index in [1.54, 1.807) is 39.8 Å². The van der Waals surface area contributed by atoms with Crippen LogP contribution in [-0.4, -0.2) is 94.4 Å². The highest BCUT2D eigenvalue weighted by molar-refractivity contribution is 7.89. The van der Waals surface area contributed by atoms with Gasteiger partial charge in [-0.3, -0.25) is 9.69 Å². The van der Waals surface area contributed by atoms with Crippen LogP contribution in [-0.2, 0) is 24.8 Å². The summed E-state index contributed by atoms with van der Waals surface area (Å²) in [7, 11) is -7.01. The first-order valence-corrected chi connectivity index (χ1v) is 13.9. The van der Waals surface area contributed by atoms with E-state index in [-0.39, 0.29) is 28.8 Å². The quantitative estimate of drug-likeness (QED) is 0.492. The van der Waals surface area contributed by atoms with Gasteiger partial charge in [0, 0.05) is 45.0 Å². The number of sulfonamides is 2. The van der Waals surface area contributed by atoms with Crippen molar-refractivity contribution in [3.05, 3.63) is 18.2 Å². The minimum Gasteiger partial charge on any atom is -0.492 e. The second kappa shape index (κ2) is 11.4. The molecule has 0 aliphatic carbocycles. The monoisotopic (exact) mass is 490 g/mol. The average Bonchev–Trinajstić information content (AvgIpc) is 2.76. The highest BCUT2D eigenvalue weighted by Gasteiger charge is 2.28. The van der Waals surface area contributed by atoms with Gasteiger partial charge in [0.2, 0.25) is 26.0 Å². The molecule has 1 amide bonds. The molecule has 2 rings (SSSR count). The summed E-state index contributed by atoms with van der Waals surface area (Å²) in [6.07, 6.45) is 0. The lowest BCUT2D eigenvalue weighted by Crippen LogP contribution is -2.50. The van der Waals surface area contributed by atoms with Gasteiger partial charge in [-0.2, -0.15) is 8.61 Å². The van der Waals surface area contributed by atoms with Crippen LogP contribution in [0, 0.1) is 0 Å². The first kappa shape index (κ1) is 26.5. The van der Waals surface area contributed by atoms with Crippen molar-refractivity contribution in [1.29, 1.82) is 0 Å². The van der Waals surface area contributed by atoms with E-state index in [2.05, 4.69) is 5.32 Å². The van der Waals surface area contributed by atoms with E-state index in [0.29, 0.717) is 51.6 Å². The zero-order chi connectivity index (χ0) is 23.9. The third-order valence-corrected chi connectivity index (χ3v) is 9.26. The van der Waals surface area contributed by atoms with Crippen LogP contribution in [0.3, 0.4) is 0 Å². The highest BCUT2D eigenvalue weighted by Crippen LogP contribution is 2.30. The molecule has 1 aliphatic heterocycles. The summed E-state index contributed by atoms with van der Waals surface area (Å²) in [5, 5.41) is 2.75. The fraction of sp³-hybridized carbons (Fsp3) is 0.650. The van der Waals surface area contributed by atoms with Crippen LogP contribution in [0.2, 0.25) is 0 Å². The molecule has 32 heavy (non-hydrogen) atoms. The predicted octanol–water partition coefficient (Wildman–Crippen LogP) is 1.02. The molecule has 1 aromatic rings. The Morgan fingerprint density at radius 2 is 1.66 bits per heavy atom. The van der Waals surface area contributed by atoms with Crippen LogP contribution < -0.4 is 10.1 Å². The number of hydrogen-bond donors (Lipinski definition) is 1. The van der Waals surface area contributed by atoms with Crippen molar-refractivity contribution in [2.24, 2.45) is 0 Å². The molecule has 0 unspecified atom stereocenters. The van der Waals surface area contributed by atoms with Gasteiger partial charge in [0.05, 0.1) is 18.9 Å². The van der Waals surface area contributed by atoms with Gasteiger partial charge in [-0.1, -0.05) is 13.8 Å². The number of carbonyl (C=O) groups is 1. The Hall–Kier alpha value is -1.73. The first-order valence-electron chi connectivity index (χ1n) is 10.9. The second-order valence-electron chi connectivity index (χ2n) is 7.31. The summed E-state index contributed by atoms with van der Waals surface area (Å²) in [5.74, 6) is 0.00189. The maximum Gasteiger partial charge on any atom is 0.246 e. The summed E-state index contributed by atoms with van der Waals surface area (Å²) in [4.78, 5) is 14.4. The summed E-state index contributed by atoms with van der Waals surface area (Å²) >= 11 is 0. The Balaban J connectivity index is 2.10. The van der Waals surface area contributed by atoms with E-state index >= 15 is 0 Å². The molecule has 0 atom stereocenters. The molecule has 1 heterocycles. The maximum atomic E-state index is 13.1. The lowest BCUT2D eigenvalue weighted by molar-refractivity contribution is -0.117. The molecule has 1 fully saturated rings. The number of hydrogen-bond acceptors (Lipinski definition) is 7. The van der Waals surface area contributed by atoms with E-state index in [9.17, 15) is 21.6 Å². The Labute approximate surface area is 191 Å². The molecule has 1 aromatic carbocycles. The predicted molar refractivity (Wildman–Crippen MR) is 124 cm³/mol. The van der Waals surface area contributed by atoms with Crippen molar-refractivity contribution in [2.45, 2.75) is 32.6 Å². The van der Waals surface area contributed by atoms with Gasteiger partial charge < -0.3 is 10.1 Å². The molecule has 0 radical (unpaired) electrons. The summed E-state index contributed by atoms with van der Waals surface area (Å²) in [6.45, 7) is 9.55. The first-order chi connectivity index (χ1) is 15.1. The van der Waals surface area contributed by atoms with Crippen molar-refractivity contribution in [3.63, 3.8) is 0 Å². The number of ether oxygens (including phenoxy) is 1. The van der Waals surface area contributed by atoms with Gasteiger partial charge in [-0.15, -0.1) is 0 Å². The Morgan fingerprint density at radius 1 is 1.03 bits per heavy atom. The molecular weight excluding hydrogens is 456 g/mol. The van der Waals surface area contributed by atoms with Crippen molar-refractivity contribution in [2.75, 3.05) is 63.5 Å². The topological polar surface area (TPSA) is 116 Å². The third kappa shape index (κ3) is 6.41. The summed E-state index contributed by atoms with van der Waals surface area (Å²) in [5.41, 5.74) is 0.358. The molecule has 1 aliphatic rings. The highest BCUT2D eigenvalue weighted by atomic mass is 32.2. The molecule has 0 aromatic heterocycles. The van der Waals surface area contributed by atoms with E-state index in [0.717, 1.165) is 0 Å². The maximum absolute atomic E-state index is 13.1. The smallest absolute Gasteiger partial charge is 0.246 e. The van der Waals surface area contributed by atoms with Crippen LogP contribution in [0.1, 0.15) is 27.7 Å². The summed E-state index contributed by atoms with van der Waals surface area (Å²) < 4.78 is 58.3. The van der Waals surface area contributed by atoms with E-state index in [1.165, 1.54) is 14.7 Å². The molecule has 10 nitrogen and oxygen atoms in total. The van der Waals surface area contributed by atoms with Gasteiger partial charge in [-0.05, 0) is 32.0 Å². The normalized spacial score (nSPS) is 16.3. The fourth-order valence-corrected chi connectivity index (χ4v) is 6.22. The van der Waals surface area contributed by atoms with Crippen LogP contribution in [0.5, 0.6) is 5.75 Å². The molecule has 0 spiro atoms. The van der Waals surface area contributed by atoms with Crippen molar-refractivity contribution in [1.82, 2.24) is 13.5 Å². The largest absolute Gasteiger partial charge is 0.492 e. The standard InChI is InChI=1S/C20H34N4O6S2/c1-5-23(6-2)32(28,29)19-15-17(9-10-18(19)30-7-3)21-20(25)16-22-11-13-24(14-12-22)31(26,27)8-4/h9-10,15H,5-8,11-14,16H2,1-4H3,(H,21,25). The number of amides is 1. The van der Waals surface area contributed by atoms with Crippen LogP contribution in [0.15, 0.2) is 23.1 Å². The molecule has 182 valence electrons. The third-order valence-electron chi connectivity index (χ3n) is 5.31. The van der Waals surface area contributed by atoms with Crippen molar-refractivity contribution < 1.29 is 26.4 Å². The van der Waals surface area contributed by atoms with E-state index in [1.807, 2.05) is 4.90 Å². The molecular formula is C20H34N4O6S2. The number of nitrogens with one attached hydrogen (secondary N) is 1. The Morgan fingerprint density at radius 3 is 2.19 bits per heavy atom. The van der Waals surface area contributed by atoms with Gasteiger partial charge in [0.25, 0.3) is 0 Å². The fourth-order valence-electron chi connectivity index (χ4n) is 3.52. The van der Waals surface area contributed by atoms with Crippen LogP contribution in [0.25, 0.3) is 0 Å². The average molecular weight is 491 g/mol. The van der Waals surface area contributed by atoms with Crippen LogP contribution >= 0.6 is 0 Å². The number of nitrogens with zero attached hydrogens (tertiary/aromatic N) is 3. The number of anilines is 1. The van der Waals surface area contributed by atoms with Crippen molar-refractivity contribution in [3.8, 4) is 5.75 Å². The molecule has 1 N–H and O–H groups in total. The van der Waals surface area contributed by atoms with Gasteiger partial charge >= 0.3 is 0 Å². The lowest BCUT2D eigenvalue weighted by Gasteiger charge is -2.33. The van der Waals surface area contributed by atoms with Gasteiger partial charge in [0.1, 0.15) is 10.6 Å². The van der Waals surface area contributed by atoms with E-state index < -0.39 is 20.0 Å². The number of piperazine rings is 1. The molecule has 12 heteroatoms. The number of carbonyl (C=O) groups excluding carboxylic acids is 1. The van der Waals surface area contributed by atoms with Gasteiger partial charge in [0.15, 0.2) is 0 Å². The minimum absolute atomic E-state index is 0.0132. The Kier molecular flexibility index (Phi) is 9.46. The SMILES string of the molecule is CCOc1ccc(NC(=O)CN2CCN(S(=O)(=O)CC)CC2)cc1S(=O)(=O)N(CC)CC. The summed E-state index contributed by atoms with van der Waals surface area (Å²) in [6, 6.07) is 4.57. The minimum atomic E-state index is -3.78. The van der Waals surface area contributed by atoms with Crippen LogP contribution in [0.4, 0.5) is 5.69 Å². The van der Waals surface area contributed by atoms with Gasteiger partial charge in [-0.25, -0.2) is 16.8 Å². The number of rotatable bonds is 11. The lowest BCUT2D eigenvalue weighted by atomic mass is 10.3. The van der Waals surface area contributed by atoms with E-state index in [4.69, 9.17) is 4.74 Å². The Bertz CT molecular complexity index is 985. The zero-order valence-corrected chi connectivity index (χ0v) is 20.8. The zero-order valence-electron chi connectivity index (χ0n) is 19.2.